The molecule has 0 radical (unpaired) electrons. The molecule has 0 aliphatic carbocycles. The van der Waals surface area contributed by atoms with Gasteiger partial charge in [0.1, 0.15) is 17.4 Å². The van der Waals surface area contributed by atoms with Crippen LogP contribution in [0.4, 0.5) is 0 Å². The number of carbonyl (C=O) groups is 2. The second kappa shape index (κ2) is 11.3. The number of nitriles is 1. The van der Waals surface area contributed by atoms with Crippen LogP contribution >= 0.6 is 0 Å². The van der Waals surface area contributed by atoms with Crippen molar-refractivity contribution in [2.75, 3.05) is 13.2 Å². The third-order valence-corrected chi connectivity index (χ3v) is 3.92. The van der Waals surface area contributed by atoms with E-state index in [0.29, 0.717) is 24.3 Å². The van der Waals surface area contributed by atoms with Gasteiger partial charge in [0, 0.05) is 12.6 Å². The molecule has 0 aromatic heterocycles. The number of carbonyl (C=O) groups excluding carboxylic acids is 2. The molecule has 0 heterocycles. The Morgan fingerprint density at radius 2 is 1.79 bits per heavy atom. The lowest BCUT2D eigenvalue weighted by atomic mass is 10.1. The Bertz CT molecular complexity index is 882. The molecular formula is C23H25N3O3. The maximum Gasteiger partial charge on any atom is 0.261 e. The Balaban J connectivity index is 1.88. The van der Waals surface area contributed by atoms with Gasteiger partial charge in [-0.1, -0.05) is 42.5 Å². The SMILES string of the molecule is CC(C)NC(=O)COc1ccc(/C=C(\C#N)C(=O)NCCc2ccccc2)cc1. The minimum atomic E-state index is -0.408. The van der Waals surface area contributed by atoms with E-state index in [0.717, 1.165) is 5.56 Å². The van der Waals surface area contributed by atoms with Crippen molar-refractivity contribution < 1.29 is 14.3 Å². The predicted molar refractivity (Wildman–Crippen MR) is 112 cm³/mol. The number of nitrogens with one attached hydrogen (secondary N) is 2. The third-order valence-electron chi connectivity index (χ3n) is 3.92. The van der Waals surface area contributed by atoms with Gasteiger partial charge < -0.3 is 15.4 Å². The zero-order valence-corrected chi connectivity index (χ0v) is 16.6. The van der Waals surface area contributed by atoms with Crippen LogP contribution < -0.4 is 15.4 Å². The molecular weight excluding hydrogens is 366 g/mol. The first-order valence-electron chi connectivity index (χ1n) is 9.44. The van der Waals surface area contributed by atoms with Crippen molar-refractivity contribution in [1.82, 2.24) is 10.6 Å². The van der Waals surface area contributed by atoms with Gasteiger partial charge in [-0.2, -0.15) is 5.26 Å². The van der Waals surface area contributed by atoms with Crippen molar-refractivity contribution in [2.45, 2.75) is 26.3 Å². The van der Waals surface area contributed by atoms with E-state index in [1.165, 1.54) is 6.08 Å². The summed E-state index contributed by atoms with van der Waals surface area (Å²) in [6.45, 7) is 4.14. The molecule has 150 valence electrons. The monoisotopic (exact) mass is 391 g/mol. The van der Waals surface area contributed by atoms with E-state index in [9.17, 15) is 14.9 Å². The number of benzene rings is 2. The van der Waals surface area contributed by atoms with Crippen LogP contribution in [0, 0.1) is 11.3 Å². The van der Waals surface area contributed by atoms with Crippen LogP contribution in [-0.4, -0.2) is 31.0 Å². The molecule has 2 N–H and O–H groups in total. The van der Waals surface area contributed by atoms with Crippen LogP contribution in [0.2, 0.25) is 0 Å². The van der Waals surface area contributed by atoms with E-state index >= 15 is 0 Å². The summed E-state index contributed by atoms with van der Waals surface area (Å²) in [5, 5.41) is 14.8. The third kappa shape index (κ3) is 7.89. The number of ether oxygens (including phenoxy) is 1. The van der Waals surface area contributed by atoms with Crippen LogP contribution in [0.3, 0.4) is 0 Å². The Morgan fingerprint density at radius 3 is 2.41 bits per heavy atom. The normalized spacial score (nSPS) is 10.9. The van der Waals surface area contributed by atoms with Gasteiger partial charge in [-0.3, -0.25) is 9.59 Å². The maximum atomic E-state index is 12.2. The first kappa shape index (κ1) is 21.7. The lowest BCUT2D eigenvalue weighted by Gasteiger charge is -2.09. The van der Waals surface area contributed by atoms with E-state index < -0.39 is 5.91 Å². The van der Waals surface area contributed by atoms with Gasteiger partial charge in [-0.05, 0) is 49.6 Å². The van der Waals surface area contributed by atoms with Crippen molar-refractivity contribution in [3.63, 3.8) is 0 Å². The minimum absolute atomic E-state index is 0.0306. The molecule has 0 aliphatic heterocycles. The molecule has 2 amide bonds. The quantitative estimate of drug-likeness (QED) is 0.508. The second-order valence-electron chi connectivity index (χ2n) is 6.74. The molecule has 2 aromatic carbocycles. The lowest BCUT2D eigenvalue weighted by Crippen LogP contribution is -2.34. The highest BCUT2D eigenvalue weighted by molar-refractivity contribution is 6.01. The number of amides is 2. The summed E-state index contributed by atoms with van der Waals surface area (Å²) >= 11 is 0. The largest absolute Gasteiger partial charge is 0.484 e. The number of rotatable bonds is 9. The molecule has 0 fully saturated rings. The highest BCUT2D eigenvalue weighted by Crippen LogP contribution is 2.14. The van der Waals surface area contributed by atoms with Crippen molar-refractivity contribution in [3.8, 4) is 11.8 Å². The van der Waals surface area contributed by atoms with Crippen molar-refractivity contribution in [2.24, 2.45) is 0 Å². The molecule has 0 unspecified atom stereocenters. The Hall–Kier alpha value is -3.59. The topological polar surface area (TPSA) is 91.2 Å². The summed E-state index contributed by atoms with van der Waals surface area (Å²) in [6, 6.07) is 18.6. The van der Waals surface area contributed by atoms with Gasteiger partial charge in [0.15, 0.2) is 6.61 Å². The van der Waals surface area contributed by atoms with Gasteiger partial charge in [0.05, 0.1) is 0 Å². The summed E-state index contributed by atoms with van der Waals surface area (Å²) in [6.07, 6.45) is 2.22. The highest BCUT2D eigenvalue weighted by atomic mass is 16.5. The fraction of sp³-hybridized carbons (Fsp3) is 0.261. The molecule has 0 atom stereocenters. The molecule has 0 saturated carbocycles. The first-order chi connectivity index (χ1) is 14.0. The molecule has 0 aliphatic rings. The second-order valence-corrected chi connectivity index (χ2v) is 6.74. The van der Waals surface area contributed by atoms with Crippen LogP contribution in [0.5, 0.6) is 5.75 Å². The lowest BCUT2D eigenvalue weighted by molar-refractivity contribution is -0.123. The average Bonchev–Trinajstić information content (AvgIpc) is 2.71. The molecule has 6 heteroatoms. The Morgan fingerprint density at radius 1 is 1.10 bits per heavy atom. The summed E-state index contributed by atoms with van der Waals surface area (Å²) in [4.78, 5) is 23.8. The van der Waals surface area contributed by atoms with Gasteiger partial charge in [-0.15, -0.1) is 0 Å². The summed E-state index contributed by atoms with van der Waals surface area (Å²) in [5.74, 6) is -0.0658. The van der Waals surface area contributed by atoms with Crippen LogP contribution in [-0.2, 0) is 16.0 Å². The van der Waals surface area contributed by atoms with E-state index in [1.54, 1.807) is 24.3 Å². The summed E-state index contributed by atoms with van der Waals surface area (Å²) in [5.41, 5.74) is 1.84. The van der Waals surface area contributed by atoms with Crippen LogP contribution in [0.15, 0.2) is 60.2 Å². The summed E-state index contributed by atoms with van der Waals surface area (Å²) in [7, 11) is 0. The predicted octanol–water partition coefficient (Wildman–Crippen LogP) is 2.86. The molecule has 2 rings (SSSR count). The van der Waals surface area contributed by atoms with Crippen LogP contribution in [0.25, 0.3) is 6.08 Å². The van der Waals surface area contributed by atoms with E-state index in [-0.39, 0.29) is 24.1 Å². The molecule has 0 spiro atoms. The Kier molecular flexibility index (Phi) is 8.46. The molecule has 0 bridgehead atoms. The van der Waals surface area contributed by atoms with E-state index in [2.05, 4.69) is 10.6 Å². The minimum Gasteiger partial charge on any atom is -0.484 e. The smallest absolute Gasteiger partial charge is 0.261 e. The standard InChI is InChI=1S/C23H25N3O3/c1-17(2)26-22(27)16-29-21-10-8-19(9-11-21)14-20(15-24)23(28)25-13-12-18-6-4-3-5-7-18/h3-11,14,17H,12-13,16H2,1-2H3,(H,25,28)(H,26,27)/b20-14+. The van der Waals surface area contributed by atoms with E-state index in [4.69, 9.17) is 4.74 Å². The zero-order chi connectivity index (χ0) is 21.1. The zero-order valence-electron chi connectivity index (χ0n) is 16.6. The number of hydrogen-bond acceptors (Lipinski definition) is 4. The van der Waals surface area contributed by atoms with Gasteiger partial charge in [-0.25, -0.2) is 0 Å². The fourth-order valence-corrected chi connectivity index (χ4v) is 2.55. The van der Waals surface area contributed by atoms with Crippen LogP contribution in [0.1, 0.15) is 25.0 Å². The average molecular weight is 391 g/mol. The molecule has 29 heavy (non-hydrogen) atoms. The molecule has 6 nitrogen and oxygen atoms in total. The van der Waals surface area contributed by atoms with E-state index in [1.807, 2.05) is 50.2 Å². The molecule has 2 aromatic rings. The van der Waals surface area contributed by atoms with Gasteiger partial charge in [0.2, 0.25) is 0 Å². The first-order valence-corrected chi connectivity index (χ1v) is 9.44. The van der Waals surface area contributed by atoms with Gasteiger partial charge in [0.25, 0.3) is 11.8 Å². The van der Waals surface area contributed by atoms with Crippen molar-refractivity contribution in [1.29, 1.82) is 5.26 Å². The maximum absolute atomic E-state index is 12.2. The van der Waals surface area contributed by atoms with Crippen molar-refractivity contribution in [3.05, 3.63) is 71.3 Å². The summed E-state index contributed by atoms with van der Waals surface area (Å²) < 4.78 is 5.42. The Labute approximate surface area is 171 Å². The molecule has 0 saturated heterocycles. The fourth-order valence-electron chi connectivity index (χ4n) is 2.55. The van der Waals surface area contributed by atoms with Crippen molar-refractivity contribution >= 4 is 17.9 Å². The number of nitrogens with zero attached hydrogens (tertiary/aromatic N) is 1. The van der Waals surface area contributed by atoms with Gasteiger partial charge >= 0.3 is 0 Å². The highest BCUT2D eigenvalue weighted by Gasteiger charge is 2.09. The number of hydrogen-bond donors (Lipinski definition) is 2.